The van der Waals surface area contributed by atoms with Crippen LogP contribution in [0.2, 0.25) is 0 Å². The highest BCUT2D eigenvalue weighted by molar-refractivity contribution is 5.98. The Balaban J connectivity index is 2.06. The minimum Gasteiger partial charge on any atom is -0.310 e. The van der Waals surface area contributed by atoms with Gasteiger partial charge >= 0.3 is 0 Å². The van der Waals surface area contributed by atoms with E-state index < -0.39 is 0 Å². The summed E-state index contributed by atoms with van der Waals surface area (Å²) in [6.07, 6.45) is 10.8. The van der Waals surface area contributed by atoms with Gasteiger partial charge in [0.1, 0.15) is 5.78 Å². The van der Waals surface area contributed by atoms with E-state index in [0.29, 0.717) is 6.42 Å². The van der Waals surface area contributed by atoms with Gasteiger partial charge in [-0.25, -0.2) is 0 Å². The number of hydrogen-bond donors (Lipinski definition) is 1. The summed E-state index contributed by atoms with van der Waals surface area (Å²) in [6.45, 7) is 1.61. The number of nitrogens with zero attached hydrogens (tertiary/aromatic N) is 1. The molecule has 0 saturated heterocycles. The first kappa shape index (κ1) is 11.0. The molecule has 1 unspecified atom stereocenters. The summed E-state index contributed by atoms with van der Waals surface area (Å²) in [5, 5.41) is 3.03. The lowest BCUT2D eigenvalue weighted by atomic mass is 9.89. The second-order valence-corrected chi connectivity index (χ2v) is 4.13. The number of fused-ring (bicyclic) bond motifs is 1. The normalized spacial score (nSPS) is 23.8. The summed E-state index contributed by atoms with van der Waals surface area (Å²) in [6, 6.07) is -0.120. The maximum atomic E-state index is 11.4. The van der Waals surface area contributed by atoms with E-state index in [4.69, 9.17) is 0 Å². The van der Waals surface area contributed by atoms with E-state index in [1.54, 1.807) is 6.92 Å². The van der Waals surface area contributed by atoms with Gasteiger partial charge in [-0.1, -0.05) is 24.3 Å². The number of carbonyl (C=O) groups excluding carboxylic acids is 1. The molecule has 2 aliphatic rings. The molecule has 0 saturated carbocycles. The van der Waals surface area contributed by atoms with E-state index in [0.717, 1.165) is 5.71 Å². The van der Waals surface area contributed by atoms with Crippen molar-refractivity contribution in [2.45, 2.75) is 19.4 Å². The van der Waals surface area contributed by atoms with Gasteiger partial charge in [-0.05, 0) is 19.5 Å². The lowest BCUT2D eigenvalue weighted by Crippen LogP contribution is -2.35. The van der Waals surface area contributed by atoms with Crippen LogP contribution in [0.15, 0.2) is 41.1 Å². The highest BCUT2D eigenvalue weighted by Gasteiger charge is 2.25. The largest absolute Gasteiger partial charge is 0.310 e. The molecule has 2 atom stereocenters. The van der Waals surface area contributed by atoms with Gasteiger partial charge in [0.15, 0.2) is 0 Å². The number of carbonyl (C=O) groups is 1. The van der Waals surface area contributed by atoms with Crippen LogP contribution in [-0.4, -0.2) is 24.6 Å². The van der Waals surface area contributed by atoms with Gasteiger partial charge in [0.25, 0.3) is 0 Å². The molecule has 0 spiro atoms. The topological polar surface area (TPSA) is 41.5 Å². The van der Waals surface area contributed by atoms with E-state index >= 15 is 0 Å². The molecule has 1 heterocycles. The molecule has 0 amide bonds. The van der Waals surface area contributed by atoms with Gasteiger partial charge in [0, 0.05) is 24.3 Å². The SMILES string of the molecule is CN[C@@H](CC1=NC=C2C=CC=CC21)C(C)=O. The van der Waals surface area contributed by atoms with Gasteiger partial charge in [0.2, 0.25) is 0 Å². The lowest BCUT2D eigenvalue weighted by molar-refractivity contribution is -0.118. The molecule has 0 aromatic heterocycles. The summed E-state index contributed by atoms with van der Waals surface area (Å²) in [4.78, 5) is 15.8. The van der Waals surface area contributed by atoms with Crippen LogP contribution in [0.1, 0.15) is 13.3 Å². The van der Waals surface area contributed by atoms with Gasteiger partial charge in [-0.3, -0.25) is 9.79 Å². The third-order valence-corrected chi connectivity index (χ3v) is 3.05. The van der Waals surface area contributed by atoms with Crippen LogP contribution in [0, 0.1) is 5.92 Å². The monoisotopic (exact) mass is 216 g/mol. The minimum atomic E-state index is -0.120. The quantitative estimate of drug-likeness (QED) is 0.776. The Kier molecular flexibility index (Phi) is 3.15. The average molecular weight is 216 g/mol. The van der Waals surface area contributed by atoms with Crippen molar-refractivity contribution in [3.05, 3.63) is 36.1 Å². The zero-order valence-electron chi connectivity index (χ0n) is 9.60. The summed E-state index contributed by atoms with van der Waals surface area (Å²) < 4.78 is 0. The zero-order chi connectivity index (χ0) is 11.5. The Bertz CT molecular complexity index is 416. The molecular weight excluding hydrogens is 200 g/mol. The van der Waals surface area contributed by atoms with Crippen LogP contribution >= 0.6 is 0 Å². The van der Waals surface area contributed by atoms with Gasteiger partial charge in [-0.15, -0.1) is 0 Å². The predicted molar refractivity (Wildman–Crippen MR) is 65.4 cm³/mol. The van der Waals surface area contributed by atoms with Crippen molar-refractivity contribution < 1.29 is 4.79 Å². The first-order valence-corrected chi connectivity index (χ1v) is 5.51. The maximum absolute atomic E-state index is 11.4. The first-order chi connectivity index (χ1) is 7.72. The van der Waals surface area contributed by atoms with Crippen molar-refractivity contribution in [2.24, 2.45) is 10.9 Å². The van der Waals surface area contributed by atoms with Gasteiger partial charge < -0.3 is 5.32 Å². The molecule has 3 heteroatoms. The third kappa shape index (κ3) is 2.04. The molecule has 16 heavy (non-hydrogen) atoms. The Morgan fingerprint density at radius 3 is 3.06 bits per heavy atom. The van der Waals surface area contributed by atoms with Crippen molar-refractivity contribution >= 4 is 11.5 Å². The molecule has 0 bridgehead atoms. The van der Waals surface area contributed by atoms with E-state index in [-0.39, 0.29) is 17.7 Å². The second-order valence-electron chi connectivity index (χ2n) is 4.13. The van der Waals surface area contributed by atoms with Crippen molar-refractivity contribution in [3.63, 3.8) is 0 Å². The predicted octanol–water partition coefficient (Wildman–Crippen LogP) is 1.63. The number of nitrogens with one attached hydrogen (secondary N) is 1. The molecule has 0 radical (unpaired) electrons. The first-order valence-electron chi connectivity index (χ1n) is 5.51. The number of likely N-dealkylation sites (N-methyl/N-ethyl adjacent to an activating group) is 1. The van der Waals surface area contributed by atoms with Crippen LogP contribution in [-0.2, 0) is 4.79 Å². The minimum absolute atomic E-state index is 0.120. The highest BCUT2D eigenvalue weighted by atomic mass is 16.1. The van der Waals surface area contributed by atoms with E-state index in [9.17, 15) is 4.79 Å². The Morgan fingerprint density at radius 1 is 1.56 bits per heavy atom. The van der Waals surface area contributed by atoms with Crippen molar-refractivity contribution in [2.75, 3.05) is 7.05 Å². The summed E-state index contributed by atoms with van der Waals surface area (Å²) in [7, 11) is 1.81. The number of ketones is 1. The molecule has 2 rings (SSSR count). The maximum Gasteiger partial charge on any atom is 0.147 e. The van der Waals surface area contributed by atoms with Crippen LogP contribution < -0.4 is 5.32 Å². The Morgan fingerprint density at radius 2 is 2.38 bits per heavy atom. The molecule has 1 N–H and O–H groups in total. The van der Waals surface area contributed by atoms with Crippen LogP contribution in [0.5, 0.6) is 0 Å². The standard InChI is InChI=1S/C13H16N2O/c1-9(16)12(14-2)7-13-11-6-4-3-5-10(11)8-15-13/h3-6,8,11-12,14H,7H2,1-2H3/t11?,12-/m0/s1. The smallest absolute Gasteiger partial charge is 0.147 e. The molecule has 1 aliphatic carbocycles. The van der Waals surface area contributed by atoms with Gasteiger partial charge in [0.05, 0.1) is 6.04 Å². The van der Waals surface area contributed by atoms with Gasteiger partial charge in [-0.2, -0.15) is 0 Å². The molecule has 3 nitrogen and oxygen atoms in total. The molecule has 1 aliphatic heterocycles. The van der Waals surface area contributed by atoms with Crippen molar-refractivity contribution in [1.29, 1.82) is 0 Å². The van der Waals surface area contributed by atoms with Crippen LogP contribution in [0.3, 0.4) is 0 Å². The molecule has 0 aromatic rings. The van der Waals surface area contributed by atoms with Crippen molar-refractivity contribution in [1.82, 2.24) is 5.32 Å². The average Bonchev–Trinajstić information content (AvgIpc) is 2.69. The fourth-order valence-electron chi connectivity index (χ4n) is 2.06. The summed E-state index contributed by atoms with van der Waals surface area (Å²) in [5.41, 5.74) is 2.29. The van der Waals surface area contributed by atoms with Crippen LogP contribution in [0.25, 0.3) is 0 Å². The van der Waals surface area contributed by atoms with E-state index in [2.05, 4.69) is 22.5 Å². The highest BCUT2D eigenvalue weighted by Crippen LogP contribution is 2.27. The number of allylic oxidation sites excluding steroid dienone is 5. The van der Waals surface area contributed by atoms with Crippen molar-refractivity contribution in [3.8, 4) is 0 Å². The molecule has 84 valence electrons. The molecule has 0 fully saturated rings. The number of aliphatic imine (C=N–C) groups is 1. The van der Waals surface area contributed by atoms with E-state index in [1.807, 2.05) is 25.4 Å². The number of hydrogen-bond acceptors (Lipinski definition) is 3. The third-order valence-electron chi connectivity index (χ3n) is 3.05. The fourth-order valence-corrected chi connectivity index (χ4v) is 2.06. The lowest BCUT2D eigenvalue weighted by Gasteiger charge is -2.18. The van der Waals surface area contributed by atoms with E-state index in [1.165, 1.54) is 5.57 Å². The Hall–Kier alpha value is -1.48. The Labute approximate surface area is 95.6 Å². The zero-order valence-corrected chi connectivity index (χ0v) is 9.60. The summed E-state index contributed by atoms with van der Waals surface area (Å²) in [5.74, 6) is 0.439. The number of rotatable bonds is 4. The van der Waals surface area contributed by atoms with Crippen LogP contribution in [0.4, 0.5) is 0 Å². The molecular formula is C13H16N2O. The fraction of sp³-hybridized carbons (Fsp3) is 0.385. The summed E-state index contributed by atoms with van der Waals surface area (Å²) >= 11 is 0. The second kappa shape index (κ2) is 4.58. The molecule has 0 aromatic carbocycles. The number of Topliss-reactive ketones (excluding diaryl/α,β-unsaturated/α-hetero) is 1.